The minimum Gasteiger partial charge on any atom is -0.423 e. The molecule has 0 amide bonds. The molecule has 0 aliphatic carbocycles. The predicted octanol–water partition coefficient (Wildman–Crippen LogP) is 4.39. The van der Waals surface area contributed by atoms with E-state index in [1.54, 1.807) is 0 Å². The van der Waals surface area contributed by atoms with E-state index in [9.17, 15) is 4.79 Å². The quantitative estimate of drug-likeness (QED) is 0.296. The van der Waals surface area contributed by atoms with Crippen molar-refractivity contribution in [2.45, 2.75) is 6.92 Å². The second kappa shape index (κ2) is 4.82. The SMILES string of the molecule is C=CC(=O)Oc1ccc2c(ccc3cc(C)ccc32)c1. The fourth-order valence-corrected chi connectivity index (χ4v) is 2.39. The minimum absolute atomic E-state index is 0.444. The van der Waals surface area contributed by atoms with Crippen LogP contribution in [-0.2, 0) is 4.79 Å². The van der Waals surface area contributed by atoms with E-state index >= 15 is 0 Å². The fourth-order valence-electron chi connectivity index (χ4n) is 2.39. The molecule has 0 unspecified atom stereocenters. The molecule has 3 rings (SSSR count). The van der Waals surface area contributed by atoms with Gasteiger partial charge in [-0.3, -0.25) is 0 Å². The van der Waals surface area contributed by atoms with E-state index in [2.05, 4.69) is 37.8 Å². The molecule has 0 bridgehead atoms. The summed E-state index contributed by atoms with van der Waals surface area (Å²) in [5.74, 6) is 0.0922. The summed E-state index contributed by atoms with van der Waals surface area (Å²) in [4.78, 5) is 11.2. The second-order valence-electron chi connectivity index (χ2n) is 4.80. The van der Waals surface area contributed by atoms with Crippen molar-refractivity contribution in [3.05, 3.63) is 66.7 Å². The number of aryl methyl sites for hydroxylation is 1. The molecule has 3 aromatic carbocycles. The zero-order chi connectivity index (χ0) is 14.1. The number of carbonyl (C=O) groups excluding carboxylic acids is 1. The van der Waals surface area contributed by atoms with Crippen molar-refractivity contribution in [2.75, 3.05) is 0 Å². The zero-order valence-electron chi connectivity index (χ0n) is 11.2. The Bertz CT molecular complexity index is 831. The molecule has 0 atom stereocenters. The molecule has 98 valence electrons. The van der Waals surface area contributed by atoms with Crippen LogP contribution in [0.15, 0.2) is 61.2 Å². The third kappa shape index (κ3) is 2.16. The summed E-state index contributed by atoms with van der Waals surface area (Å²) in [6.45, 7) is 5.48. The first kappa shape index (κ1) is 12.4. The Balaban J connectivity index is 2.17. The molecule has 0 heterocycles. The molecular formula is C18H14O2. The van der Waals surface area contributed by atoms with E-state index in [1.807, 2.05) is 24.3 Å². The fraction of sp³-hybridized carbons (Fsp3) is 0.0556. The van der Waals surface area contributed by atoms with E-state index in [4.69, 9.17) is 4.74 Å². The van der Waals surface area contributed by atoms with Crippen LogP contribution >= 0.6 is 0 Å². The molecule has 2 nitrogen and oxygen atoms in total. The number of benzene rings is 3. The van der Waals surface area contributed by atoms with E-state index in [1.165, 1.54) is 16.3 Å². The average Bonchev–Trinajstić information content (AvgIpc) is 2.46. The van der Waals surface area contributed by atoms with Gasteiger partial charge in [0.2, 0.25) is 0 Å². The summed E-state index contributed by atoms with van der Waals surface area (Å²) in [6.07, 6.45) is 1.16. The van der Waals surface area contributed by atoms with Gasteiger partial charge in [-0.15, -0.1) is 0 Å². The van der Waals surface area contributed by atoms with Crippen molar-refractivity contribution in [1.29, 1.82) is 0 Å². The van der Waals surface area contributed by atoms with Crippen LogP contribution in [0.2, 0.25) is 0 Å². The van der Waals surface area contributed by atoms with E-state index in [0.29, 0.717) is 5.75 Å². The first-order chi connectivity index (χ1) is 9.67. The van der Waals surface area contributed by atoms with Crippen LogP contribution < -0.4 is 4.74 Å². The van der Waals surface area contributed by atoms with Crippen molar-refractivity contribution in [1.82, 2.24) is 0 Å². The third-order valence-electron chi connectivity index (χ3n) is 3.35. The molecule has 0 saturated carbocycles. The van der Waals surface area contributed by atoms with Crippen molar-refractivity contribution < 1.29 is 9.53 Å². The largest absolute Gasteiger partial charge is 0.423 e. The van der Waals surface area contributed by atoms with Gasteiger partial charge in [0.05, 0.1) is 0 Å². The molecule has 0 radical (unpaired) electrons. The van der Waals surface area contributed by atoms with Crippen molar-refractivity contribution in [3.63, 3.8) is 0 Å². The molecule has 0 saturated heterocycles. The molecule has 0 aliphatic rings. The summed E-state index contributed by atoms with van der Waals surface area (Å²) < 4.78 is 5.15. The number of esters is 1. The number of rotatable bonds is 2. The number of carbonyl (C=O) groups is 1. The van der Waals surface area contributed by atoms with Gasteiger partial charge in [0, 0.05) is 6.08 Å². The maximum Gasteiger partial charge on any atom is 0.335 e. The molecule has 0 aliphatic heterocycles. The monoisotopic (exact) mass is 262 g/mol. The number of ether oxygens (including phenoxy) is 1. The zero-order valence-corrected chi connectivity index (χ0v) is 11.2. The second-order valence-corrected chi connectivity index (χ2v) is 4.80. The van der Waals surface area contributed by atoms with Gasteiger partial charge in [-0.1, -0.05) is 48.5 Å². The summed E-state index contributed by atoms with van der Waals surface area (Å²) in [5.41, 5.74) is 1.24. The van der Waals surface area contributed by atoms with E-state index < -0.39 is 5.97 Å². The van der Waals surface area contributed by atoms with Crippen LogP contribution in [0.1, 0.15) is 5.56 Å². The van der Waals surface area contributed by atoms with Gasteiger partial charge >= 0.3 is 5.97 Å². The van der Waals surface area contributed by atoms with Crippen LogP contribution in [0.3, 0.4) is 0 Å². The summed E-state index contributed by atoms with van der Waals surface area (Å²) in [6, 6.07) is 16.2. The topological polar surface area (TPSA) is 26.3 Å². The lowest BCUT2D eigenvalue weighted by molar-refractivity contribution is -0.128. The number of hydrogen-bond donors (Lipinski definition) is 0. The Morgan fingerprint density at radius 3 is 2.35 bits per heavy atom. The lowest BCUT2D eigenvalue weighted by Crippen LogP contribution is -2.02. The Morgan fingerprint density at radius 1 is 1.00 bits per heavy atom. The van der Waals surface area contributed by atoms with Gasteiger partial charge < -0.3 is 4.74 Å². The van der Waals surface area contributed by atoms with Crippen LogP contribution in [0.25, 0.3) is 21.5 Å². The molecule has 20 heavy (non-hydrogen) atoms. The normalized spacial score (nSPS) is 10.7. The molecule has 2 heteroatoms. The highest BCUT2D eigenvalue weighted by Gasteiger charge is 2.04. The summed E-state index contributed by atoms with van der Waals surface area (Å²) in [7, 11) is 0. The smallest absolute Gasteiger partial charge is 0.335 e. The summed E-state index contributed by atoms with van der Waals surface area (Å²) >= 11 is 0. The summed E-state index contributed by atoms with van der Waals surface area (Å²) in [5, 5.41) is 4.62. The molecule has 0 fully saturated rings. The van der Waals surface area contributed by atoms with Crippen LogP contribution in [0.5, 0.6) is 5.75 Å². The highest BCUT2D eigenvalue weighted by Crippen LogP contribution is 2.29. The molecule has 3 aromatic rings. The van der Waals surface area contributed by atoms with Gasteiger partial charge in [0.15, 0.2) is 0 Å². The Hall–Kier alpha value is -2.61. The first-order valence-electron chi connectivity index (χ1n) is 6.45. The average molecular weight is 262 g/mol. The highest BCUT2D eigenvalue weighted by molar-refractivity contribution is 6.08. The van der Waals surface area contributed by atoms with Crippen LogP contribution in [0.4, 0.5) is 0 Å². The number of hydrogen-bond acceptors (Lipinski definition) is 2. The molecule has 0 spiro atoms. The van der Waals surface area contributed by atoms with Gasteiger partial charge in [-0.25, -0.2) is 4.79 Å². The van der Waals surface area contributed by atoms with Crippen molar-refractivity contribution in [3.8, 4) is 5.75 Å². The van der Waals surface area contributed by atoms with Gasteiger partial charge in [-0.05, 0) is 40.6 Å². The first-order valence-corrected chi connectivity index (χ1v) is 6.45. The standard InChI is InChI=1S/C18H14O2/c1-3-18(19)20-15-7-9-17-14(11-15)6-5-13-10-12(2)4-8-16(13)17/h3-11H,1H2,2H3. The lowest BCUT2D eigenvalue weighted by atomic mass is 10.0. The predicted molar refractivity (Wildman–Crippen MR) is 82.0 cm³/mol. The van der Waals surface area contributed by atoms with Gasteiger partial charge in [0.1, 0.15) is 5.75 Å². The highest BCUT2D eigenvalue weighted by atomic mass is 16.5. The molecular weight excluding hydrogens is 248 g/mol. The van der Waals surface area contributed by atoms with Crippen molar-refractivity contribution >= 4 is 27.5 Å². The lowest BCUT2D eigenvalue weighted by Gasteiger charge is -2.07. The van der Waals surface area contributed by atoms with E-state index in [0.717, 1.165) is 16.8 Å². The third-order valence-corrected chi connectivity index (χ3v) is 3.35. The van der Waals surface area contributed by atoms with Gasteiger partial charge in [-0.2, -0.15) is 0 Å². The van der Waals surface area contributed by atoms with E-state index in [-0.39, 0.29) is 0 Å². The number of fused-ring (bicyclic) bond motifs is 3. The van der Waals surface area contributed by atoms with Gasteiger partial charge in [0.25, 0.3) is 0 Å². The Morgan fingerprint density at radius 2 is 1.65 bits per heavy atom. The Kier molecular flexibility index (Phi) is 2.99. The van der Waals surface area contributed by atoms with Crippen LogP contribution in [0, 0.1) is 6.92 Å². The Labute approximate surface area is 117 Å². The molecule has 0 aromatic heterocycles. The molecule has 0 N–H and O–H groups in total. The van der Waals surface area contributed by atoms with Crippen LogP contribution in [-0.4, -0.2) is 5.97 Å². The minimum atomic E-state index is -0.444. The van der Waals surface area contributed by atoms with Crippen molar-refractivity contribution in [2.24, 2.45) is 0 Å². The maximum atomic E-state index is 11.2. The maximum absolute atomic E-state index is 11.2.